The Hall–Kier alpha value is -1.37. The van der Waals surface area contributed by atoms with Gasteiger partial charge in [0.15, 0.2) is 0 Å². The van der Waals surface area contributed by atoms with Crippen molar-refractivity contribution in [3.05, 3.63) is 0 Å². The molecule has 0 aromatic heterocycles. The minimum Gasteiger partial charge on any atom is -0.465 e. The van der Waals surface area contributed by atoms with Gasteiger partial charge < -0.3 is 20.2 Å². The standard InChI is InChI=1S/C21H34FN3O3/c1-2-16-17(12-20(16)8-11-25(14-20)19(27)28)24-9-4-15(5-10-24)18(26)23-21(13-22)6-3-7-21/h15-17H,2-14H2,1H3,(H,23,26)(H,27,28)/t16?,17?,20-/m0/s1. The number of hydrogen-bond donors (Lipinski definition) is 2. The molecule has 2 saturated heterocycles. The van der Waals surface area contributed by atoms with E-state index in [1.807, 2.05) is 0 Å². The number of alkyl halides is 1. The van der Waals surface area contributed by atoms with Crippen molar-refractivity contribution in [2.24, 2.45) is 17.3 Å². The number of halogens is 1. The van der Waals surface area contributed by atoms with Crippen LogP contribution in [0.2, 0.25) is 0 Å². The highest BCUT2D eigenvalue weighted by Gasteiger charge is 2.58. The van der Waals surface area contributed by atoms with Crippen molar-refractivity contribution >= 4 is 12.0 Å². The first-order valence-corrected chi connectivity index (χ1v) is 11.0. The number of carboxylic acid groups (broad SMARTS) is 1. The molecule has 1 spiro atoms. The molecule has 0 aromatic carbocycles. The molecule has 2 aliphatic heterocycles. The molecule has 2 heterocycles. The van der Waals surface area contributed by atoms with E-state index in [9.17, 15) is 19.1 Å². The first kappa shape index (κ1) is 19.9. The molecule has 0 radical (unpaired) electrons. The largest absolute Gasteiger partial charge is 0.465 e. The second-order valence-corrected chi connectivity index (χ2v) is 9.67. The lowest BCUT2D eigenvalue weighted by atomic mass is 9.54. The van der Waals surface area contributed by atoms with Gasteiger partial charge in [0.25, 0.3) is 0 Å². The van der Waals surface area contributed by atoms with E-state index >= 15 is 0 Å². The van der Waals surface area contributed by atoms with Gasteiger partial charge >= 0.3 is 6.09 Å². The maximum absolute atomic E-state index is 13.3. The first-order chi connectivity index (χ1) is 13.4. The Morgan fingerprint density at radius 1 is 1.18 bits per heavy atom. The highest BCUT2D eigenvalue weighted by atomic mass is 19.1. The smallest absolute Gasteiger partial charge is 0.407 e. The fourth-order valence-electron chi connectivity index (χ4n) is 6.33. The van der Waals surface area contributed by atoms with Gasteiger partial charge in [0.1, 0.15) is 6.67 Å². The normalized spacial score (nSPS) is 35.4. The number of piperidine rings is 1. The Kier molecular flexibility index (Phi) is 5.31. The summed E-state index contributed by atoms with van der Waals surface area (Å²) in [5, 5.41) is 12.3. The molecule has 4 aliphatic rings. The molecule has 2 N–H and O–H groups in total. The van der Waals surface area contributed by atoms with Gasteiger partial charge in [-0.05, 0) is 69.4 Å². The summed E-state index contributed by atoms with van der Waals surface area (Å²) in [5.41, 5.74) is -0.399. The quantitative estimate of drug-likeness (QED) is 0.751. The van der Waals surface area contributed by atoms with Crippen molar-refractivity contribution in [3.63, 3.8) is 0 Å². The van der Waals surface area contributed by atoms with E-state index < -0.39 is 18.3 Å². The van der Waals surface area contributed by atoms with Crippen molar-refractivity contribution in [1.82, 2.24) is 15.1 Å². The van der Waals surface area contributed by atoms with E-state index in [-0.39, 0.29) is 17.2 Å². The molecular formula is C21H34FN3O3. The summed E-state index contributed by atoms with van der Waals surface area (Å²) in [6, 6.07) is 0.520. The monoisotopic (exact) mass is 395 g/mol. The van der Waals surface area contributed by atoms with E-state index in [0.29, 0.717) is 25.0 Å². The molecule has 2 unspecified atom stereocenters. The average Bonchev–Trinajstić information content (AvgIpc) is 3.11. The third-order valence-electron chi connectivity index (χ3n) is 8.29. The van der Waals surface area contributed by atoms with Gasteiger partial charge in [0.05, 0.1) is 5.54 Å². The van der Waals surface area contributed by atoms with Crippen molar-refractivity contribution in [2.45, 2.75) is 69.9 Å². The topological polar surface area (TPSA) is 72.9 Å². The fourth-order valence-corrected chi connectivity index (χ4v) is 6.33. The van der Waals surface area contributed by atoms with Crippen LogP contribution in [0.1, 0.15) is 58.3 Å². The van der Waals surface area contributed by atoms with Crippen molar-refractivity contribution in [2.75, 3.05) is 32.9 Å². The van der Waals surface area contributed by atoms with Gasteiger partial charge in [-0.15, -0.1) is 0 Å². The number of nitrogens with zero attached hydrogens (tertiary/aromatic N) is 2. The summed E-state index contributed by atoms with van der Waals surface area (Å²) in [4.78, 5) is 28.0. The summed E-state index contributed by atoms with van der Waals surface area (Å²) in [7, 11) is 0. The molecule has 2 amide bonds. The molecule has 3 atom stereocenters. The maximum atomic E-state index is 13.3. The molecule has 2 aliphatic carbocycles. The third kappa shape index (κ3) is 3.29. The van der Waals surface area contributed by atoms with Gasteiger partial charge in [-0.2, -0.15) is 0 Å². The van der Waals surface area contributed by atoms with Crippen LogP contribution in [-0.2, 0) is 4.79 Å². The van der Waals surface area contributed by atoms with Gasteiger partial charge in [-0.3, -0.25) is 4.79 Å². The van der Waals surface area contributed by atoms with E-state index in [4.69, 9.17) is 0 Å². The molecular weight excluding hydrogens is 361 g/mol. The highest BCUT2D eigenvalue weighted by molar-refractivity contribution is 5.79. The SMILES string of the molecule is CCC1C(N2CCC(C(=O)NC3(CF)CCC3)CC2)C[C@]12CCN(C(=O)O)C2. The van der Waals surface area contributed by atoms with Crippen LogP contribution >= 0.6 is 0 Å². The van der Waals surface area contributed by atoms with Crippen LogP contribution < -0.4 is 5.32 Å². The van der Waals surface area contributed by atoms with Crippen molar-refractivity contribution in [3.8, 4) is 0 Å². The second-order valence-electron chi connectivity index (χ2n) is 9.67. The third-order valence-corrected chi connectivity index (χ3v) is 8.29. The number of amides is 2. The number of nitrogens with one attached hydrogen (secondary N) is 1. The zero-order chi connectivity index (χ0) is 19.9. The molecule has 7 heteroatoms. The molecule has 0 bridgehead atoms. The van der Waals surface area contributed by atoms with E-state index in [0.717, 1.165) is 64.5 Å². The predicted molar refractivity (Wildman–Crippen MR) is 104 cm³/mol. The molecule has 2 saturated carbocycles. The predicted octanol–water partition coefficient (Wildman–Crippen LogP) is 2.88. The average molecular weight is 396 g/mol. The zero-order valence-electron chi connectivity index (χ0n) is 17.0. The minimum absolute atomic E-state index is 0.00312. The summed E-state index contributed by atoms with van der Waals surface area (Å²) in [6.45, 7) is 4.95. The van der Waals surface area contributed by atoms with E-state index in [2.05, 4.69) is 17.1 Å². The Morgan fingerprint density at radius 3 is 2.39 bits per heavy atom. The van der Waals surface area contributed by atoms with Gasteiger partial charge in [-0.25, -0.2) is 9.18 Å². The van der Waals surface area contributed by atoms with Crippen LogP contribution in [0.25, 0.3) is 0 Å². The maximum Gasteiger partial charge on any atom is 0.407 e. The Bertz CT molecular complexity index is 613. The molecule has 0 aromatic rings. The van der Waals surface area contributed by atoms with Crippen LogP contribution in [0.5, 0.6) is 0 Å². The molecule has 4 rings (SSSR count). The van der Waals surface area contributed by atoms with Crippen LogP contribution in [0, 0.1) is 17.3 Å². The Labute approximate surface area is 166 Å². The van der Waals surface area contributed by atoms with Crippen LogP contribution in [0.15, 0.2) is 0 Å². The first-order valence-electron chi connectivity index (χ1n) is 11.0. The number of hydrogen-bond acceptors (Lipinski definition) is 3. The lowest BCUT2D eigenvalue weighted by Gasteiger charge is -2.58. The van der Waals surface area contributed by atoms with Crippen LogP contribution in [0.3, 0.4) is 0 Å². The second kappa shape index (κ2) is 7.47. The number of rotatable bonds is 5. The molecule has 28 heavy (non-hydrogen) atoms. The number of carbonyl (C=O) groups excluding carboxylic acids is 1. The van der Waals surface area contributed by atoms with Crippen LogP contribution in [-0.4, -0.2) is 71.3 Å². The lowest BCUT2D eigenvalue weighted by molar-refractivity contribution is -0.132. The molecule has 158 valence electrons. The van der Waals surface area contributed by atoms with E-state index in [1.165, 1.54) is 0 Å². The number of likely N-dealkylation sites (tertiary alicyclic amines) is 2. The number of carbonyl (C=O) groups is 2. The summed E-state index contributed by atoms with van der Waals surface area (Å²) in [6.07, 6.45) is 6.58. The summed E-state index contributed by atoms with van der Waals surface area (Å²) < 4.78 is 13.3. The van der Waals surface area contributed by atoms with Crippen molar-refractivity contribution < 1.29 is 19.1 Å². The molecule has 4 fully saturated rings. The highest BCUT2D eigenvalue weighted by Crippen LogP contribution is 2.56. The van der Waals surface area contributed by atoms with Gasteiger partial charge in [0.2, 0.25) is 5.91 Å². The minimum atomic E-state index is -0.792. The lowest BCUT2D eigenvalue weighted by Crippen LogP contribution is -2.62. The summed E-state index contributed by atoms with van der Waals surface area (Å²) in [5.74, 6) is 0.595. The van der Waals surface area contributed by atoms with Crippen LogP contribution in [0.4, 0.5) is 9.18 Å². The van der Waals surface area contributed by atoms with Crippen molar-refractivity contribution in [1.29, 1.82) is 0 Å². The summed E-state index contributed by atoms with van der Waals surface area (Å²) >= 11 is 0. The van der Waals surface area contributed by atoms with Gasteiger partial charge in [0, 0.05) is 25.0 Å². The fraction of sp³-hybridized carbons (Fsp3) is 0.905. The van der Waals surface area contributed by atoms with E-state index in [1.54, 1.807) is 4.90 Å². The van der Waals surface area contributed by atoms with Gasteiger partial charge in [-0.1, -0.05) is 13.3 Å². The Balaban J connectivity index is 1.29. The molecule has 6 nitrogen and oxygen atoms in total. The Morgan fingerprint density at radius 2 is 1.89 bits per heavy atom. The zero-order valence-corrected chi connectivity index (χ0v) is 17.0.